The first kappa shape index (κ1) is 20.3. The highest BCUT2D eigenvalue weighted by atomic mass is 32.2. The second-order valence-corrected chi connectivity index (χ2v) is 11.0. The zero-order chi connectivity index (χ0) is 19.6. The van der Waals surface area contributed by atoms with Gasteiger partial charge in [0.05, 0.1) is 11.3 Å². The number of hydrogen-bond acceptors (Lipinski definition) is 7. The van der Waals surface area contributed by atoms with Gasteiger partial charge in [-0.2, -0.15) is 5.26 Å². The van der Waals surface area contributed by atoms with Crippen molar-refractivity contribution in [3.8, 4) is 6.07 Å². The molecule has 27 heavy (non-hydrogen) atoms. The standard InChI is InChI=1S/C19H24N4OS3/c1-5-19(3,4)12-6-7-13-14(9-20)17(27-15(13)8-12)21-16(24)10-25-18-23-22-11(2)26-18/h12H,5-8,10H2,1-4H3,(H,21,24). The van der Waals surface area contributed by atoms with E-state index in [1.54, 1.807) is 11.3 Å². The fourth-order valence-corrected chi connectivity index (χ4v) is 6.28. The smallest absolute Gasteiger partial charge is 0.235 e. The number of carbonyl (C=O) groups excluding carboxylic acids is 1. The summed E-state index contributed by atoms with van der Waals surface area (Å²) in [7, 11) is 0. The van der Waals surface area contributed by atoms with Crippen LogP contribution in [-0.2, 0) is 17.6 Å². The molecule has 1 unspecified atom stereocenters. The van der Waals surface area contributed by atoms with Gasteiger partial charge in [0.15, 0.2) is 4.34 Å². The van der Waals surface area contributed by atoms with Gasteiger partial charge in [0.25, 0.3) is 0 Å². The van der Waals surface area contributed by atoms with Gasteiger partial charge in [-0.05, 0) is 43.1 Å². The van der Waals surface area contributed by atoms with E-state index in [0.29, 0.717) is 21.9 Å². The first-order valence-electron chi connectivity index (χ1n) is 9.11. The van der Waals surface area contributed by atoms with Crippen molar-refractivity contribution in [2.75, 3.05) is 11.1 Å². The van der Waals surface area contributed by atoms with E-state index in [1.165, 1.54) is 28.0 Å². The van der Waals surface area contributed by atoms with E-state index in [-0.39, 0.29) is 11.7 Å². The van der Waals surface area contributed by atoms with Gasteiger partial charge < -0.3 is 5.32 Å². The van der Waals surface area contributed by atoms with E-state index in [4.69, 9.17) is 0 Å². The van der Waals surface area contributed by atoms with E-state index in [1.807, 2.05) is 6.92 Å². The van der Waals surface area contributed by atoms with Crippen molar-refractivity contribution >= 4 is 45.3 Å². The molecule has 5 nitrogen and oxygen atoms in total. The van der Waals surface area contributed by atoms with Gasteiger partial charge in [0.2, 0.25) is 5.91 Å². The Morgan fingerprint density at radius 3 is 2.81 bits per heavy atom. The molecule has 8 heteroatoms. The lowest BCUT2D eigenvalue weighted by atomic mass is 9.69. The number of fused-ring (bicyclic) bond motifs is 1. The van der Waals surface area contributed by atoms with Crippen molar-refractivity contribution in [2.45, 2.75) is 57.7 Å². The topological polar surface area (TPSA) is 78.7 Å². The van der Waals surface area contributed by atoms with Crippen LogP contribution in [0.15, 0.2) is 4.34 Å². The van der Waals surface area contributed by atoms with Gasteiger partial charge in [-0.3, -0.25) is 4.79 Å². The Bertz CT molecular complexity index is 878. The van der Waals surface area contributed by atoms with Crippen molar-refractivity contribution in [3.63, 3.8) is 0 Å². The second kappa shape index (κ2) is 8.29. The Morgan fingerprint density at radius 1 is 1.41 bits per heavy atom. The predicted octanol–water partition coefficient (Wildman–Crippen LogP) is 5.05. The predicted molar refractivity (Wildman–Crippen MR) is 113 cm³/mol. The van der Waals surface area contributed by atoms with E-state index >= 15 is 0 Å². The van der Waals surface area contributed by atoms with Crippen LogP contribution in [0.1, 0.15) is 54.6 Å². The molecule has 0 bridgehead atoms. The summed E-state index contributed by atoms with van der Waals surface area (Å²) in [5.41, 5.74) is 2.11. The summed E-state index contributed by atoms with van der Waals surface area (Å²) in [6.45, 7) is 8.80. The number of nitriles is 1. The first-order valence-corrected chi connectivity index (χ1v) is 11.7. The number of rotatable bonds is 6. The molecule has 0 saturated carbocycles. The highest BCUT2D eigenvalue weighted by Crippen LogP contribution is 2.45. The quantitative estimate of drug-likeness (QED) is 0.662. The van der Waals surface area contributed by atoms with Crippen molar-refractivity contribution in [1.82, 2.24) is 10.2 Å². The Balaban J connectivity index is 1.70. The highest BCUT2D eigenvalue weighted by Gasteiger charge is 2.34. The number of aryl methyl sites for hydroxylation is 1. The zero-order valence-corrected chi connectivity index (χ0v) is 18.5. The molecule has 0 aromatic carbocycles. The number of amides is 1. The fraction of sp³-hybridized carbons (Fsp3) is 0.579. The average molecular weight is 421 g/mol. The highest BCUT2D eigenvalue weighted by molar-refractivity contribution is 8.01. The summed E-state index contributed by atoms with van der Waals surface area (Å²) >= 11 is 4.44. The minimum atomic E-state index is -0.103. The molecule has 2 aromatic heterocycles. The Kier molecular flexibility index (Phi) is 6.24. The SMILES string of the molecule is CCC(C)(C)C1CCc2c(sc(NC(=O)CSc3nnc(C)s3)c2C#N)C1. The lowest BCUT2D eigenvalue weighted by Gasteiger charge is -2.36. The summed E-state index contributed by atoms with van der Waals surface area (Å²) in [5, 5.41) is 22.2. The monoisotopic (exact) mass is 420 g/mol. The van der Waals surface area contributed by atoms with Crippen LogP contribution in [0.4, 0.5) is 5.00 Å². The second-order valence-electron chi connectivity index (χ2n) is 7.53. The number of thiophene rings is 1. The zero-order valence-electron chi connectivity index (χ0n) is 16.1. The Morgan fingerprint density at radius 2 is 2.19 bits per heavy atom. The molecule has 0 saturated heterocycles. The van der Waals surface area contributed by atoms with E-state index in [2.05, 4.69) is 42.4 Å². The molecule has 0 fully saturated rings. The van der Waals surface area contributed by atoms with Crippen LogP contribution in [0.2, 0.25) is 0 Å². The number of nitrogens with zero attached hydrogens (tertiary/aromatic N) is 3. The number of carbonyl (C=O) groups is 1. The summed E-state index contributed by atoms with van der Waals surface area (Å²) in [6, 6.07) is 2.32. The molecular formula is C19H24N4OS3. The van der Waals surface area contributed by atoms with Crippen LogP contribution < -0.4 is 5.32 Å². The minimum Gasteiger partial charge on any atom is -0.316 e. The van der Waals surface area contributed by atoms with Gasteiger partial charge in [0.1, 0.15) is 16.1 Å². The van der Waals surface area contributed by atoms with Crippen molar-refractivity contribution in [1.29, 1.82) is 5.26 Å². The van der Waals surface area contributed by atoms with Crippen LogP contribution in [0.5, 0.6) is 0 Å². The molecule has 2 aromatic rings. The largest absolute Gasteiger partial charge is 0.316 e. The Labute approximate surface area is 172 Å². The molecule has 1 N–H and O–H groups in total. The van der Waals surface area contributed by atoms with Gasteiger partial charge >= 0.3 is 0 Å². The number of hydrogen-bond donors (Lipinski definition) is 1. The van der Waals surface area contributed by atoms with Gasteiger partial charge in [-0.25, -0.2) is 0 Å². The summed E-state index contributed by atoms with van der Waals surface area (Å²) in [4.78, 5) is 13.6. The van der Waals surface area contributed by atoms with E-state index in [0.717, 1.165) is 40.6 Å². The maximum absolute atomic E-state index is 12.4. The van der Waals surface area contributed by atoms with Crippen LogP contribution in [0, 0.1) is 29.6 Å². The summed E-state index contributed by atoms with van der Waals surface area (Å²) in [6.07, 6.45) is 4.19. The lowest BCUT2D eigenvalue weighted by Crippen LogP contribution is -2.28. The normalized spacial score (nSPS) is 16.6. The summed E-state index contributed by atoms with van der Waals surface area (Å²) < 4.78 is 0.790. The summed E-state index contributed by atoms with van der Waals surface area (Å²) in [5.74, 6) is 0.793. The third kappa shape index (κ3) is 4.53. The van der Waals surface area contributed by atoms with E-state index in [9.17, 15) is 10.1 Å². The molecular weight excluding hydrogens is 396 g/mol. The van der Waals surface area contributed by atoms with Crippen LogP contribution >= 0.6 is 34.4 Å². The van der Waals surface area contributed by atoms with Crippen LogP contribution in [-0.4, -0.2) is 21.9 Å². The van der Waals surface area contributed by atoms with Crippen molar-refractivity contribution in [2.24, 2.45) is 11.3 Å². The van der Waals surface area contributed by atoms with Crippen molar-refractivity contribution in [3.05, 3.63) is 21.0 Å². The molecule has 1 amide bonds. The molecule has 0 radical (unpaired) electrons. The maximum atomic E-state index is 12.4. The number of thioether (sulfide) groups is 1. The molecule has 1 aliphatic carbocycles. The fourth-order valence-electron chi connectivity index (χ4n) is 3.37. The number of aromatic nitrogens is 2. The van der Waals surface area contributed by atoms with Gasteiger partial charge in [0, 0.05) is 4.88 Å². The van der Waals surface area contributed by atoms with Gasteiger partial charge in [-0.1, -0.05) is 50.3 Å². The Hall–Kier alpha value is -1.43. The molecule has 3 rings (SSSR count). The minimum absolute atomic E-state index is 0.103. The molecule has 0 spiro atoms. The lowest BCUT2D eigenvalue weighted by molar-refractivity contribution is -0.113. The molecule has 1 aliphatic rings. The van der Waals surface area contributed by atoms with E-state index < -0.39 is 0 Å². The number of nitrogens with one attached hydrogen (secondary N) is 1. The van der Waals surface area contributed by atoms with Gasteiger partial charge in [-0.15, -0.1) is 21.5 Å². The van der Waals surface area contributed by atoms with Crippen LogP contribution in [0.3, 0.4) is 0 Å². The first-order chi connectivity index (χ1) is 12.8. The van der Waals surface area contributed by atoms with Crippen LogP contribution in [0.25, 0.3) is 0 Å². The third-order valence-corrected chi connectivity index (χ3v) is 8.62. The molecule has 1 atom stereocenters. The van der Waals surface area contributed by atoms with Crippen molar-refractivity contribution < 1.29 is 4.79 Å². The average Bonchev–Trinajstić information content (AvgIpc) is 3.21. The molecule has 0 aliphatic heterocycles. The maximum Gasteiger partial charge on any atom is 0.235 e. The molecule has 2 heterocycles. The molecule has 144 valence electrons. The third-order valence-electron chi connectivity index (χ3n) is 5.48. The number of anilines is 1.